The Bertz CT molecular complexity index is 1410. The van der Waals surface area contributed by atoms with E-state index < -0.39 is 28.5 Å². The fourth-order valence-electron chi connectivity index (χ4n) is 5.07. The Morgan fingerprint density at radius 2 is 1.57 bits per heavy atom. The minimum Gasteiger partial charge on any atom is -0.352 e. The van der Waals surface area contributed by atoms with E-state index in [1.165, 1.54) is 17.0 Å². The number of rotatable bonds is 11. The predicted octanol–water partition coefficient (Wildman–Crippen LogP) is 5.71. The monoisotopic (exact) mass is 581 g/mol. The average molecular weight is 582 g/mol. The first-order chi connectivity index (χ1) is 19.2. The maximum absolute atomic E-state index is 14.1. The molecule has 40 heavy (non-hydrogen) atoms. The summed E-state index contributed by atoms with van der Waals surface area (Å²) in [6.07, 6.45) is 4.36. The fraction of sp³-hybridized carbons (Fsp3) is 0.355. The molecule has 9 heteroatoms. The summed E-state index contributed by atoms with van der Waals surface area (Å²) in [5, 5.41) is 3.32. The molecular formula is C31H36ClN3O4S. The van der Waals surface area contributed by atoms with Gasteiger partial charge in [0.15, 0.2) is 0 Å². The van der Waals surface area contributed by atoms with Crippen molar-refractivity contribution in [3.63, 3.8) is 0 Å². The molecule has 0 heterocycles. The molecule has 0 radical (unpaired) electrons. The highest BCUT2D eigenvalue weighted by atomic mass is 35.5. The molecule has 0 spiro atoms. The van der Waals surface area contributed by atoms with E-state index in [2.05, 4.69) is 5.32 Å². The van der Waals surface area contributed by atoms with E-state index in [0.717, 1.165) is 41.1 Å². The highest BCUT2D eigenvalue weighted by Gasteiger charge is 2.35. The number of carbonyl (C=O) groups excluding carboxylic acids is 2. The molecule has 4 rings (SSSR count). The van der Waals surface area contributed by atoms with Crippen LogP contribution < -0.4 is 9.62 Å². The Labute approximate surface area is 242 Å². The molecule has 212 valence electrons. The van der Waals surface area contributed by atoms with Gasteiger partial charge in [-0.25, -0.2) is 8.42 Å². The summed E-state index contributed by atoms with van der Waals surface area (Å²) >= 11 is 6.47. The minimum absolute atomic E-state index is 0.0476. The van der Waals surface area contributed by atoms with Gasteiger partial charge in [-0.3, -0.25) is 13.9 Å². The highest BCUT2D eigenvalue weighted by Crippen LogP contribution is 2.31. The molecule has 1 N–H and O–H groups in total. The number of benzene rings is 3. The first kappa shape index (κ1) is 29.6. The number of carbonyl (C=O) groups is 2. The van der Waals surface area contributed by atoms with Crippen molar-refractivity contribution < 1.29 is 18.0 Å². The average Bonchev–Trinajstić information content (AvgIpc) is 3.46. The lowest BCUT2D eigenvalue weighted by Crippen LogP contribution is -2.53. The van der Waals surface area contributed by atoms with Gasteiger partial charge in [-0.15, -0.1) is 0 Å². The van der Waals surface area contributed by atoms with Gasteiger partial charge in [0, 0.05) is 12.6 Å². The molecule has 1 aliphatic rings. The van der Waals surface area contributed by atoms with Crippen molar-refractivity contribution in [2.24, 2.45) is 0 Å². The van der Waals surface area contributed by atoms with E-state index >= 15 is 0 Å². The summed E-state index contributed by atoms with van der Waals surface area (Å²) < 4.78 is 28.9. The van der Waals surface area contributed by atoms with E-state index in [9.17, 15) is 18.0 Å². The molecule has 1 atom stereocenters. The lowest BCUT2D eigenvalue weighted by Gasteiger charge is -2.34. The highest BCUT2D eigenvalue weighted by molar-refractivity contribution is 7.92. The Kier molecular flexibility index (Phi) is 9.87. The molecule has 1 saturated carbocycles. The van der Waals surface area contributed by atoms with Crippen LogP contribution in [0.2, 0.25) is 5.02 Å². The molecule has 1 aliphatic carbocycles. The summed E-state index contributed by atoms with van der Waals surface area (Å²) in [7, 11) is -4.17. The van der Waals surface area contributed by atoms with Crippen LogP contribution in [0.3, 0.4) is 0 Å². The van der Waals surface area contributed by atoms with Crippen molar-refractivity contribution in [2.75, 3.05) is 10.8 Å². The largest absolute Gasteiger partial charge is 0.352 e. The zero-order valence-electron chi connectivity index (χ0n) is 22.9. The summed E-state index contributed by atoms with van der Waals surface area (Å²) in [5.41, 5.74) is 1.95. The molecule has 1 fully saturated rings. The smallest absolute Gasteiger partial charge is 0.264 e. The quantitative estimate of drug-likeness (QED) is 0.314. The van der Waals surface area contributed by atoms with Crippen LogP contribution in [0.4, 0.5) is 5.69 Å². The third-order valence-electron chi connectivity index (χ3n) is 7.29. The predicted molar refractivity (Wildman–Crippen MR) is 159 cm³/mol. The van der Waals surface area contributed by atoms with Gasteiger partial charge < -0.3 is 10.2 Å². The molecule has 0 saturated heterocycles. The van der Waals surface area contributed by atoms with Gasteiger partial charge >= 0.3 is 0 Å². The molecular weight excluding hydrogens is 546 g/mol. The minimum atomic E-state index is -4.17. The maximum Gasteiger partial charge on any atom is 0.264 e. The van der Waals surface area contributed by atoms with E-state index in [1.54, 1.807) is 36.4 Å². The summed E-state index contributed by atoms with van der Waals surface area (Å²) in [6.45, 7) is 3.38. The van der Waals surface area contributed by atoms with Crippen LogP contribution in [-0.2, 0) is 26.2 Å². The Morgan fingerprint density at radius 3 is 2.20 bits per heavy atom. The van der Waals surface area contributed by atoms with Crippen LogP contribution in [0.5, 0.6) is 0 Å². The maximum atomic E-state index is 14.1. The summed E-state index contributed by atoms with van der Waals surface area (Å²) in [5.74, 6) is -0.711. The number of amides is 2. The number of nitrogens with one attached hydrogen (secondary N) is 1. The first-order valence-electron chi connectivity index (χ1n) is 13.7. The molecule has 0 bridgehead atoms. The summed E-state index contributed by atoms with van der Waals surface area (Å²) in [4.78, 5) is 29.1. The number of hydrogen-bond acceptors (Lipinski definition) is 4. The number of hydrogen-bond donors (Lipinski definition) is 1. The zero-order chi connectivity index (χ0) is 28.7. The lowest BCUT2D eigenvalue weighted by atomic mass is 10.1. The van der Waals surface area contributed by atoms with Crippen LogP contribution >= 0.6 is 11.6 Å². The number of halogens is 1. The van der Waals surface area contributed by atoms with Gasteiger partial charge in [-0.1, -0.05) is 91.5 Å². The molecule has 1 unspecified atom stereocenters. The van der Waals surface area contributed by atoms with Crippen molar-refractivity contribution >= 4 is 39.1 Å². The van der Waals surface area contributed by atoms with Crippen LogP contribution in [0.1, 0.15) is 50.2 Å². The van der Waals surface area contributed by atoms with Gasteiger partial charge in [0.2, 0.25) is 11.8 Å². The molecule has 0 aliphatic heterocycles. The molecule has 0 aromatic heterocycles. The summed E-state index contributed by atoms with van der Waals surface area (Å²) in [6, 6.07) is 21.7. The first-order valence-corrected chi connectivity index (χ1v) is 15.5. The van der Waals surface area contributed by atoms with Crippen LogP contribution in [0, 0.1) is 6.92 Å². The van der Waals surface area contributed by atoms with Crippen molar-refractivity contribution in [2.45, 2.75) is 69.5 Å². The SMILES string of the molecule is CCC(C(=O)NC1CCCC1)N(Cc1ccccc1)C(=O)CN(c1ccccc1Cl)S(=O)(=O)c1ccc(C)cc1. The second kappa shape index (κ2) is 13.3. The number of para-hydroxylation sites is 1. The van der Waals surface area contributed by atoms with E-state index in [-0.39, 0.29) is 34.1 Å². The van der Waals surface area contributed by atoms with Crippen LogP contribution in [0.15, 0.2) is 83.8 Å². The standard InChI is InChI=1S/C31H36ClN3O4S/c1-3-28(31(37)33-25-13-7-8-14-25)34(21-24-11-5-4-6-12-24)30(36)22-35(29-16-10-9-15-27(29)32)40(38,39)26-19-17-23(2)18-20-26/h4-6,9-12,15-20,25,28H,3,7-8,13-14,21-22H2,1-2H3,(H,33,37). The van der Waals surface area contributed by atoms with Crippen LogP contribution in [-0.4, -0.2) is 43.8 Å². The van der Waals surface area contributed by atoms with Gasteiger partial charge in [0.05, 0.1) is 15.6 Å². The number of sulfonamides is 1. The lowest BCUT2D eigenvalue weighted by molar-refractivity contribution is -0.140. The third-order valence-corrected chi connectivity index (χ3v) is 9.39. The molecule has 3 aromatic rings. The van der Waals surface area contributed by atoms with Gasteiger partial charge in [0.1, 0.15) is 12.6 Å². The second-order valence-corrected chi connectivity index (χ2v) is 12.5. The van der Waals surface area contributed by atoms with Gasteiger partial charge in [-0.05, 0) is 56.0 Å². The Morgan fingerprint density at radius 1 is 0.950 bits per heavy atom. The van der Waals surface area contributed by atoms with Crippen LogP contribution in [0.25, 0.3) is 0 Å². The number of anilines is 1. The van der Waals surface area contributed by atoms with Crippen molar-refractivity contribution in [3.8, 4) is 0 Å². The number of nitrogens with zero attached hydrogens (tertiary/aromatic N) is 2. The van der Waals surface area contributed by atoms with Gasteiger partial charge in [-0.2, -0.15) is 0 Å². The topological polar surface area (TPSA) is 86.8 Å². The fourth-order valence-corrected chi connectivity index (χ4v) is 6.79. The Hall–Kier alpha value is -3.36. The van der Waals surface area contributed by atoms with Gasteiger partial charge in [0.25, 0.3) is 10.0 Å². The third kappa shape index (κ3) is 7.04. The van der Waals surface area contributed by atoms with Crippen molar-refractivity contribution in [3.05, 3.63) is 95.0 Å². The molecule has 7 nitrogen and oxygen atoms in total. The van der Waals surface area contributed by atoms with E-state index in [4.69, 9.17) is 11.6 Å². The second-order valence-electron chi connectivity index (χ2n) is 10.2. The molecule has 3 aromatic carbocycles. The Balaban J connectivity index is 1.71. The van der Waals surface area contributed by atoms with E-state index in [0.29, 0.717) is 6.42 Å². The van der Waals surface area contributed by atoms with Crippen molar-refractivity contribution in [1.82, 2.24) is 10.2 Å². The molecule has 2 amide bonds. The number of aryl methyl sites for hydroxylation is 1. The zero-order valence-corrected chi connectivity index (χ0v) is 24.5. The normalized spacial score (nSPS) is 14.5. The van der Waals surface area contributed by atoms with E-state index in [1.807, 2.05) is 44.2 Å². The van der Waals surface area contributed by atoms with Crippen molar-refractivity contribution in [1.29, 1.82) is 0 Å².